The van der Waals surface area contributed by atoms with Crippen molar-refractivity contribution in [2.45, 2.75) is 12.6 Å². The quantitative estimate of drug-likeness (QED) is 0.885. The average molecular weight is 305 g/mol. The molecule has 1 aliphatic heterocycles. The van der Waals surface area contributed by atoms with E-state index in [4.69, 9.17) is 10.5 Å². The van der Waals surface area contributed by atoms with Gasteiger partial charge in [0.25, 0.3) is 0 Å². The Hall–Kier alpha value is -1.55. The highest BCUT2D eigenvalue weighted by molar-refractivity contribution is 5.85. The first kappa shape index (κ1) is 15.8. The van der Waals surface area contributed by atoms with Crippen LogP contribution in [0.4, 0.5) is 5.69 Å². The molecule has 0 saturated carbocycles. The second-order valence-electron chi connectivity index (χ2n) is 5.25. The Kier molecular flexibility index (Phi) is 5.62. The van der Waals surface area contributed by atoms with Gasteiger partial charge in [-0.2, -0.15) is 0 Å². The third-order valence-corrected chi connectivity index (χ3v) is 3.68. The average Bonchev–Trinajstić information content (AvgIpc) is 2.48. The summed E-state index contributed by atoms with van der Waals surface area (Å²) in [6.07, 6.45) is 0.172. The zero-order valence-electron chi connectivity index (χ0n) is 11.9. The maximum absolute atomic E-state index is 5.89. The van der Waals surface area contributed by atoms with Gasteiger partial charge >= 0.3 is 0 Å². The second kappa shape index (κ2) is 7.46. The summed E-state index contributed by atoms with van der Waals surface area (Å²) in [5.41, 5.74) is 9.19. The van der Waals surface area contributed by atoms with Crippen LogP contribution in [0.1, 0.15) is 17.2 Å². The molecule has 3 rings (SSSR count). The van der Waals surface area contributed by atoms with Crippen molar-refractivity contribution in [1.82, 2.24) is 4.90 Å². The summed E-state index contributed by atoms with van der Waals surface area (Å²) in [6.45, 7) is 3.61. The van der Waals surface area contributed by atoms with E-state index in [1.807, 2.05) is 24.3 Å². The Bertz CT molecular complexity index is 562. The molecule has 1 atom stereocenters. The first-order chi connectivity index (χ1) is 9.81. The molecule has 2 aromatic rings. The molecule has 0 bridgehead atoms. The van der Waals surface area contributed by atoms with E-state index in [0.29, 0.717) is 0 Å². The van der Waals surface area contributed by atoms with Gasteiger partial charge in [-0.05, 0) is 23.3 Å². The van der Waals surface area contributed by atoms with Crippen LogP contribution in [-0.4, -0.2) is 24.6 Å². The Balaban J connectivity index is 0.00000161. The molecule has 4 heteroatoms. The molecule has 0 aliphatic carbocycles. The van der Waals surface area contributed by atoms with Gasteiger partial charge in [0.1, 0.15) is 0 Å². The van der Waals surface area contributed by atoms with E-state index in [2.05, 4.69) is 35.2 Å². The summed E-state index contributed by atoms with van der Waals surface area (Å²) in [5, 5.41) is 0. The Morgan fingerprint density at radius 2 is 1.90 bits per heavy atom. The number of nitrogens with zero attached hydrogens (tertiary/aromatic N) is 1. The van der Waals surface area contributed by atoms with Crippen LogP contribution in [0.15, 0.2) is 54.6 Å². The largest absolute Gasteiger partial charge is 0.399 e. The maximum atomic E-state index is 5.89. The van der Waals surface area contributed by atoms with Crippen molar-refractivity contribution in [1.29, 1.82) is 0 Å². The number of nitrogens with two attached hydrogens (primary N) is 1. The number of halogens is 1. The second-order valence-corrected chi connectivity index (χ2v) is 5.25. The topological polar surface area (TPSA) is 38.5 Å². The third kappa shape index (κ3) is 4.21. The molecule has 0 aromatic heterocycles. The van der Waals surface area contributed by atoms with Crippen molar-refractivity contribution in [2.75, 3.05) is 25.4 Å². The van der Waals surface area contributed by atoms with Crippen molar-refractivity contribution in [3.63, 3.8) is 0 Å². The molecule has 1 heterocycles. The first-order valence-electron chi connectivity index (χ1n) is 7.04. The zero-order valence-corrected chi connectivity index (χ0v) is 12.8. The smallest absolute Gasteiger partial charge is 0.0952 e. The molecule has 2 N–H and O–H groups in total. The van der Waals surface area contributed by atoms with Crippen LogP contribution < -0.4 is 5.73 Å². The minimum Gasteiger partial charge on any atom is -0.399 e. The Labute approximate surface area is 132 Å². The third-order valence-electron chi connectivity index (χ3n) is 3.68. The van der Waals surface area contributed by atoms with Crippen LogP contribution in [0.25, 0.3) is 0 Å². The van der Waals surface area contributed by atoms with Gasteiger partial charge in [0.15, 0.2) is 0 Å². The van der Waals surface area contributed by atoms with Crippen molar-refractivity contribution < 1.29 is 4.74 Å². The van der Waals surface area contributed by atoms with E-state index in [-0.39, 0.29) is 18.5 Å². The SMILES string of the molecule is Cl.Nc1cccc(CN2CCOC(c3ccccc3)C2)c1. The van der Waals surface area contributed by atoms with E-state index in [1.165, 1.54) is 11.1 Å². The number of rotatable bonds is 3. The van der Waals surface area contributed by atoms with E-state index >= 15 is 0 Å². The standard InChI is InChI=1S/C17H20N2O.ClH/c18-16-8-4-5-14(11-16)12-19-9-10-20-17(13-19)15-6-2-1-3-7-15;/h1-8,11,17H,9-10,12-13,18H2;1H. The van der Waals surface area contributed by atoms with Crippen LogP contribution in [0.3, 0.4) is 0 Å². The van der Waals surface area contributed by atoms with Crippen molar-refractivity contribution in [3.05, 3.63) is 65.7 Å². The van der Waals surface area contributed by atoms with E-state index in [1.54, 1.807) is 0 Å². The molecule has 1 fully saturated rings. The van der Waals surface area contributed by atoms with Gasteiger partial charge < -0.3 is 10.5 Å². The molecule has 0 spiro atoms. The highest BCUT2D eigenvalue weighted by Crippen LogP contribution is 2.23. The Morgan fingerprint density at radius 3 is 2.67 bits per heavy atom. The molecular weight excluding hydrogens is 284 g/mol. The van der Waals surface area contributed by atoms with Gasteiger partial charge in [-0.25, -0.2) is 0 Å². The zero-order chi connectivity index (χ0) is 13.8. The summed E-state index contributed by atoms with van der Waals surface area (Å²) >= 11 is 0. The number of benzene rings is 2. The normalized spacial score (nSPS) is 19.0. The van der Waals surface area contributed by atoms with Crippen molar-refractivity contribution in [3.8, 4) is 0 Å². The van der Waals surface area contributed by atoms with Crippen LogP contribution in [-0.2, 0) is 11.3 Å². The molecule has 21 heavy (non-hydrogen) atoms. The van der Waals surface area contributed by atoms with Crippen LogP contribution >= 0.6 is 12.4 Å². The molecule has 0 radical (unpaired) electrons. The molecule has 1 saturated heterocycles. The highest BCUT2D eigenvalue weighted by atomic mass is 35.5. The molecule has 2 aromatic carbocycles. The van der Waals surface area contributed by atoms with Crippen LogP contribution in [0.2, 0.25) is 0 Å². The van der Waals surface area contributed by atoms with Gasteiger partial charge in [-0.15, -0.1) is 12.4 Å². The van der Waals surface area contributed by atoms with Gasteiger partial charge in [-0.3, -0.25) is 4.90 Å². The fourth-order valence-corrected chi connectivity index (χ4v) is 2.67. The number of hydrogen-bond donors (Lipinski definition) is 1. The van der Waals surface area contributed by atoms with E-state index in [9.17, 15) is 0 Å². The summed E-state index contributed by atoms with van der Waals surface area (Å²) in [7, 11) is 0. The molecule has 3 nitrogen and oxygen atoms in total. The molecule has 1 aliphatic rings. The fourth-order valence-electron chi connectivity index (χ4n) is 2.67. The van der Waals surface area contributed by atoms with Gasteiger partial charge in [-0.1, -0.05) is 42.5 Å². The molecule has 112 valence electrons. The number of morpholine rings is 1. The minimum absolute atomic E-state index is 0. The number of anilines is 1. The van der Waals surface area contributed by atoms with Crippen molar-refractivity contribution >= 4 is 18.1 Å². The van der Waals surface area contributed by atoms with Crippen LogP contribution in [0, 0.1) is 0 Å². The maximum Gasteiger partial charge on any atom is 0.0952 e. The first-order valence-corrected chi connectivity index (χ1v) is 7.04. The Morgan fingerprint density at radius 1 is 1.10 bits per heavy atom. The lowest BCUT2D eigenvalue weighted by Crippen LogP contribution is -2.37. The summed E-state index contributed by atoms with van der Waals surface area (Å²) in [6, 6.07) is 18.6. The highest BCUT2D eigenvalue weighted by Gasteiger charge is 2.21. The lowest BCUT2D eigenvalue weighted by Gasteiger charge is -2.33. The molecule has 1 unspecified atom stereocenters. The fraction of sp³-hybridized carbons (Fsp3) is 0.294. The van der Waals surface area contributed by atoms with Gasteiger partial charge in [0.05, 0.1) is 12.7 Å². The van der Waals surface area contributed by atoms with E-state index < -0.39 is 0 Å². The summed E-state index contributed by atoms with van der Waals surface area (Å²) in [4.78, 5) is 2.43. The number of nitrogen functional groups attached to an aromatic ring is 1. The lowest BCUT2D eigenvalue weighted by atomic mass is 10.1. The monoisotopic (exact) mass is 304 g/mol. The minimum atomic E-state index is 0. The predicted molar refractivity (Wildman–Crippen MR) is 88.5 cm³/mol. The van der Waals surface area contributed by atoms with Crippen LogP contribution in [0.5, 0.6) is 0 Å². The lowest BCUT2D eigenvalue weighted by molar-refractivity contribution is -0.0329. The summed E-state index contributed by atoms with van der Waals surface area (Å²) < 4.78 is 5.89. The number of hydrogen-bond acceptors (Lipinski definition) is 3. The summed E-state index contributed by atoms with van der Waals surface area (Å²) in [5.74, 6) is 0. The molecule has 0 amide bonds. The van der Waals surface area contributed by atoms with Gasteiger partial charge in [0.2, 0.25) is 0 Å². The number of ether oxygens (including phenoxy) is 1. The molecular formula is C17H21ClN2O. The van der Waals surface area contributed by atoms with Gasteiger partial charge in [0, 0.05) is 25.3 Å². The predicted octanol–water partition coefficient (Wildman–Crippen LogP) is 3.26. The van der Waals surface area contributed by atoms with Crippen molar-refractivity contribution in [2.24, 2.45) is 0 Å². The van der Waals surface area contributed by atoms with E-state index in [0.717, 1.165) is 31.9 Å².